The molecule has 134 valence electrons. The molecule has 1 aromatic carbocycles. The van der Waals surface area contributed by atoms with Crippen LogP contribution in [0.4, 0.5) is 0 Å². The predicted octanol–water partition coefficient (Wildman–Crippen LogP) is 2.49. The van der Waals surface area contributed by atoms with Crippen LogP contribution in [0.15, 0.2) is 34.9 Å². The zero-order chi connectivity index (χ0) is 17.6. The summed E-state index contributed by atoms with van der Waals surface area (Å²) in [5.41, 5.74) is 1.50. The van der Waals surface area contributed by atoms with Crippen LogP contribution < -0.4 is 10.1 Å². The molecule has 0 radical (unpaired) electrons. The molecule has 0 bridgehead atoms. The second-order valence-electron chi connectivity index (χ2n) is 6.49. The molecule has 25 heavy (non-hydrogen) atoms. The van der Waals surface area contributed by atoms with Crippen LogP contribution in [0.25, 0.3) is 11.3 Å². The second kappa shape index (κ2) is 8.16. The summed E-state index contributed by atoms with van der Waals surface area (Å²) < 4.78 is 10.6. The van der Waals surface area contributed by atoms with E-state index in [1.54, 1.807) is 13.2 Å². The van der Waals surface area contributed by atoms with Crippen molar-refractivity contribution in [2.24, 2.45) is 0 Å². The first kappa shape index (κ1) is 17.5. The van der Waals surface area contributed by atoms with E-state index in [-0.39, 0.29) is 12.3 Å². The molecule has 1 unspecified atom stereocenters. The predicted molar refractivity (Wildman–Crippen MR) is 95.5 cm³/mol. The van der Waals surface area contributed by atoms with Gasteiger partial charge in [0.05, 0.1) is 19.2 Å². The van der Waals surface area contributed by atoms with Crippen LogP contribution in [0, 0.1) is 0 Å². The smallest absolute Gasteiger partial charge is 0.226 e. The Balaban J connectivity index is 1.52. The van der Waals surface area contributed by atoms with Gasteiger partial charge in [-0.2, -0.15) is 0 Å². The zero-order valence-corrected chi connectivity index (χ0v) is 14.8. The average Bonchev–Trinajstić information content (AvgIpc) is 3.32. The minimum absolute atomic E-state index is 0.0310. The lowest BCUT2D eigenvalue weighted by Gasteiger charge is -2.23. The number of carbonyl (C=O) groups excluding carboxylic acids is 1. The van der Waals surface area contributed by atoms with Gasteiger partial charge in [0.15, 0.2) is 5.76 Å². The van der Waals surface area contributed by atoms with Crippen molar-refractivity contribution in [2.75, 3.05) is 26.7 Å². The molecule has 0 aliphatic carbocycles. The lowest BCUT2D eigenvalue weighted by molar-refractivity contribution is -0.120. The number of nitrogens with zero attached hydrogens (tertiary/aromatic N) is 2. The summed E-state index contributed by atoms with van der Waals surface area (Å²) in [4.78, 5) is 14.6. The standard InChI is InChI=1S/C19H25N3O3/c1-14(22-8-3-4-9-22)13-20-19(23)12-16-11-18(25-21-16)15-6-5-7-17(10-15)24-2/h5-7,10-11,14H,3-4,8-9,12-13H2,1-2H3,(H,20,23). The van der Waals surface area contributed by atoms with E-state index in [0.29, 0.717) is 24.0 Å². The maximum atomic E-state index is 12.1. The summed E-state index contributed by atoms with van der Waals surface area (Å²) in [7, 11) is 1.62. The van der Waals surface area contributed by atoms with Gasteiger partial charge < -0.3 is 14.6 Å². The van der Waals surface area contributed by atoms with Crippen LogP contribution in [-0.4, -0.2) is 48.7 Å². The van der Waals surface area contributed by atoms with Crippen LogP contribution >= 0.6 is 0 Å². The highest BCUT2D eigenvalue weighted by atomic mass is 16.5. The van der Waals surface area contributed by atoms with Gasteiger partial charge in [0.1, 0.15) is 5.75 Å². The van der Waals surface area contributed by atoms with E-state index in [1.165, 1.54) is 12.8 Å². The van der Waals surface area contributed by atoms with E-state index in [1.807, 2.05) is 24.3 Å². The Morgan fingerprint density at radius 2 is 2.16 bits per heavy atom. The Labute approximate surface area is 148 Å². The van der Waals surface area contributed by atoms with Crippen molar-refractivity contribution in [3.63, 3.8) is 0 Å². The van der Waals surface area contributed by atoms with E-state index in [2.05, 4.69) is 22.3 Å². The third kappa shape index (κ3) is 4.60. The third-order valence-corrected chi connectivity index (χ3v) is 4.61. The van der Waals surface area contributed by atoms with E-state index in [0.717, 1.165) is 24.4 Å². The van der Waals surface area contributed by atoms with Gasteiger partial charge in [-0.15, -0.1) is 0 Å². The second-order valence-corrected chi connectivity index (χ2v) is 6.49. The first-order valence-electron chi connectivity index (χ1n) is 8.76. The molecule has 6 heteroatoms. The van der Waals surface area contributed by atoms with Crippen molar-refractivity contribution >= 4 is 5.91 Å². The molecule has 2 heterocycles. The molecule has 6 nitrogen and oxygen atoms in total. The number of hydrogen-bond donors (Lipinski definition) is 1. The van der Waals surface area contributed by atoms with E-state index < -0.39 is 0 Å². The summed E-state index contributed by atoms with van der Waals surface area (Å²) >= 11 is 0. The highest BCUT2D eigenvalue weighted by molar-refractivity contribution is 5.78. The number of carbonyl (C=O) groups is 1. The van der Waals surface area contributed by atoms with Crippen molar-refractivity contribution in [3.8, 4) is 17.1 Å². The number of amides is 1. The van der Waals surface area contributed by atoms with Gasteiger partial charge in [-0.1, -0.05) is 17.3 Å². The quantitative estimate of drug-likeness (QED) is 0.836. The normalized spacial score (nSPS) is 15.9. The van der Waals surface area contributed by atoms with Crippen LogP contribution in [-0.2, 0) is 11.2 Å². The van der Waals surface area contributed by atoms with Gasteiger partial charge in [-0.05, 0) is 45.0 Å². The fourth-order valence-electron chi connectivity index (χ4n) is 3.11. The summed E-state index contributed by atoms with van der Waals surface area (Å²) in [5, 5.41) is 7.00. The molecule has 1 fully saturated rings. The van der Waals surface area contributed by atoms with Gasteiger partial charge in [-0.3, -0.25) is 9.69 Å². The Morgan fingerprint density at radius 3 is 2.92 bits per heavy atom. The van der Waals surface area contributed by atoms with Crippen LogP contribution in [0.3, 0.4) is 0 Å². The van der Waals surface area contributed by atoms with Crippen LogP contribution in [0.2, 0.25) is 0 Å². The SMILES string of the molecule is COc1cccc(-c2cc(CC(=O)NCC(C)N3CCCC3)no2)c1. The molecule has 0 spiro atoms. The molecule has 1 N–H and O–H groups in total. The minimum Gasteiger partial charge on any atom is -0.497 e. The Kier molecular flexibility index (Phi) is 5.71. The number of benzene rings is 1. The molecular formula is C19H25N3O3. The van der Waals surface area contributed by atoms with E-state index >= 15 is 0 Å². The zero-order valence-electron chi connectivity index (χ0n) is 14.8. The Morgan fingerprint density at radius 1 is 1.36 bits per heavy atom. The fraction of sp³-hybridized carbons (Fsp3) is 0.474. The van der Waals surface area contributed by atoms with E-state index in [4.69, 9.17) is 9.26 Å². The summed E-state index contributed by atoms with van der Waals surface area (Å²) in [6.45, 7) is 5.08. The summed E-state index contributed by atoms with van der Waals surface area (Å²) in [6.07, 6.45) is 2.73. The Bertz CT molecular complexity index is 707. The molecule has 3 rings (SSSR count). The number of aromatic nitrogens is 1. The first-order chi connectivity index (χ1) is 12.2. The number of ether oxygens (including phenoxy) is 1. The highest BCUT2D eigenvalue weighted by Gasteiger charge is 2.18. The van der Waals surface area contributed by atoms with Crippen LogP contribution in [0.5, 0.6) is 5.75 Å². The molecule has 2 aromatic rings. The number of hydrogen-bond acceptors (Lipinski definition) is 5. The summed E-state index contributed by atoms with van der Waals surface area (Å²) in [6, 6.07) is 9.74. The number of nitrogens with one attached hydrogen (secondary N) is 1. The van der Waals surface area contributed by atoms with Crippen molar-refractivity contribution in [1.29, 1.82) is 0 Å². The number of likely N-dealkylation sites (tertiary alicyclic amines) is 1. The topological polar surface area (TPSA) is 67.6 Å². The minimum atomic E-state index is -0.0310. The number of methoxy groups -OCH3 is 1. The Hall–Kier alpha value is -2.34. The molecule has 0 saturated carbocycles. The fourth-order valence-corrected chi connectivity index (χ4v) is 3.11. The van der Waals surface area contributed by atoms with Crippen molar-refractivity contribution in [2.45, 2.75) is 32.2 Å². The monoisotopic (exact) mass is 343 g/mol. The molecule has 1 atom stereocenters. The average molecular weight is 343 g/mol. The maximum absolute atomic E-state index is 12.1. The lowest BCUT2D eigenvalue weighted by Crippen LogP contribution is -2.41. The molecule has 1 amide bonds. The largest absolute Gasteiger partial charge is 0.497 e. The molecular weight excluding hydrogens is 318 g/mol. The highest BCUT2D eigenvalue weighted by Crippen LogP contribution is 2.24. The molecule has 1 aliphatic heterocycles. The molecule has 1 saturated heterocycles. The maximum Gasteiger partial charge on any atom is 0.226 e. The van der Waals surface area contributed by atoms with Gasteiger partial charge in [0, 0.05) is 24.2 Å². The number of rotatable bonds is 7. The molecule has 1 aromatic heterocycles. The van der Waals surface area contributed by atoms with Gasteiger partial charge in [0.2, 0.25) is 5.91 Å². The third-order valence-electron chi connectivity index (χ3n) is 4.61. The molecule has 1 aliphatic rings. The summed E-state index contributed by atoms with van der Waals surface area (Å²) in [5.74, 6) is 1.35. The van der Waals surface area contributed by atoms with Gasteiger partial charge >= 0.3 is 0 Å². The lowest BCUT2D eigenvalue weighted by atomic mass is 10.1. The van der Waals surface area contributed by atoms with Gasteiger partial charge in [-0.25, -0.2) is 0 Å². The van der Waals surface area contributed by atoms with Crippen molar-refractivity contribution in [1.82, 2.24) is 15.4 Å². The van der Waals surface area contributed by atoms with Crippen molar-refractivity contribution < 1.29 is 14.1 Å². The van der Waals surface area contributed by atoms with E-state index in [9.17, 15) is 4.79 Å². The van der Waals surface area contributed by atoms with Crippen LogP contribution in [0.1, 0.15) is 25.5 Å². The van der Waals surface area contributed by atoms with Gasteiger partial charge in [0.25, 0.3) is 0 Å². The van der Waals surface area contributed by atoms with Crippen molar-refractivity contribution in [3.05, 3.63) is 36.0 Å². The first-order valence-corrected chi connectivity index (χ1v) is 8.76.